The first-order valence-electron chi connectivity index (χ1n) is 10.7. The topological polar surface area (TPSA) is 73.9 Å². The summed E-state index contributed by atoms with van der Waals surface area (Å²) in [5, 5.41) is 0. The number of aromatic nitrogens is 2. The van der Waals surface area contributed by atoms with Crippen LogP contribution in [-0.2, 0) is 22.6 Å². The van der Waals surface area contributed by atoms with E-state index in [9.17, 15) is 4.79 Å². The summed E-state index contributed by atoms with van der Waals surface area (Å²) in [4.78, 5) is 27.0. The molecule has 0 radical (unpaired) electrons. The lowest BCUT2D eigenvalue weighted by Crippen LogP contribution is -2.56. The molecule has 3 aliphatic rings. The number of carbonyl (C=O) groups excluding carboxylic acids is 1. The summed E-state index contributed by atoms with van der Waals surface area (Å²) in [5.74, 6) is 1.12. The number of amides is 1. The molecule has 4 heterocycles. The predicted molar refractivity (Wildman–Crippen MR) is 111 cm³/mol. The van der Waals surface area contributed by atoms with E-state index in [-0.39, 0.29) is 11.5 Å². The van der Waals surface area contributed by atoms with Gasteiger partial charge in [0.15, 0.2) is 0 Å². The van der Waals surface area contributed by atoms with Gasteiger partial charge < -0.3 is 19.4 Å². The first kappa shape index (κ1) is 19.5. The lowest BCUT2D eigenvalue weighted by Gasteiger charge is -2.41. The van der Waals surface area contributed by atoms with E-state index >= 15 is 0 Å². The zero-order chi connectivity index (χ0) is 20.4. The molecule has 2 aromatic rings. The third-order valence-electron chi connectivity index (χ3n) is 6.34. The van der Waals surface area contributed by atoms with Crippen LogP contribution in [0.4, 0.5) is 0 Å². The maximum Gasteiger partial charge on any atom is 0.236 e. The van der Waals surface area contributed by atoms with Crippen LogP contribution in [0, 0.1) is 0 Å². The maximum absolute atomic E-state index is 13.1. The van der Waals surface area contributed by atoms with Gasteiger partial charge in [0.2, 0.25) is 5.91 Å². The second-order valence-electron chi connectivity index (χ2n) is 8.55. The van der Waals surface area contributed by atoms with E-state index in [1.54, 1.807) is 6.33 Å². The Balaban J connectivity index is 1.18. The van der Waals surface area contributed by atoms with Crippen LogP contribution < -0.4 is 4.74 Å². The average Bonchev–Trinajstić information content (AvgIpc) is 3.34. The number of nitrogens with zero attached hydrogens (tertiary/aromatic N) is 4. The Morgan fingerprint density at radius 1 is 1.13 bits per heavy atom. The summed E-state index contributed by atoms with van der Waals surface area (Å²) in [6.45, 7) is 7.15. The average molecular weight is 412 g/mol. The molecule has 5 rings (SSSR count). The van der Waals surface area contributed by atoms with Crippen molar-refractivity contribution in [2.75, 3.05) is 52.5 Å². The van der Waals surface area contributed by atoms with Crippen LogP contribution in [-0.4, -0.2) is 88.7 Å². The molecule has 1 spiro atoms. The Morgan fingerprint density at radius 2 is 2.07 bits per heavy atom. The number of para-hydroxylation sites is 1. The molecule has 1 atom stereocenters. The highest BCUT2D eigenvalue weighted by atomic mass is 16.5. The smallest absolute Gasteiger partial charge is 0.236 e. The number of hydrogen-bond acceptors (Lipinski definition) is 6. The van der Waals surface area contributed by atoms with E-state index in [4.69, 9.17) is 9.47 Å². The third-order valence-corrected chi connectivity index (χ3v) is 6.34. The van der Waals surface area contributed by atoms with Crippen LogP contribution in [0.5, 0.6) is 5.75 Å². The molecule has 8 heteroatoms. The van der Waals surface area contributed by atoms with Crippen molar-refractivity contribution in [3.8, 4) is 5.75 Å². The summed E-state index contributed by atoms with van der Waals surface area (Å²) in [6.07, 6.45) is 4.53. The van der Waals surface area contributed by atoms with Gasteiger partial charge in [-0.3, -0.25) is 14.6 Å². The summed E-state index contributed by atoms with van der Waals surface area (Å²) in [7, 11) is 0. The van der Waals surface area contributed by atoms with E-state index in [1.807, 2.05) is 29.3 Å². The third kappa shape index (κ3) is 4.21. The lowest BCUT2D eigenvalue weighted by atomic mass is 10.0. The van der Waals surface area contributed by atoms with E-state index in [0.717, 1.165) is 56.2 Å². The van der Waals surface area contributed by atoms with Gasteiger partial charge in [0.25, 0.3) is 0 Å². The monoisotopic (exact) mass is 411 g/mol. The van der Waals surface area contributed by atoms with Crippen LogP contribution in [0.15, 0.2) is 36.8 Å². The van der Waals surface area contributed by atoms with Crippen LogP contribution >= 0.6 is 0 Å². The molecule has 160 valence electrons. The molecule has 1 unspecified atom stereocenters. The normalized spacial score (nSPS) is 25.1. The molecule has 1 amide bonds. The number of likely N-dealkylation sites (tertiary alicyclic amines) is 1. The van der Waals surface area contributed by atoms with Gasteiger partial charge in [-0.05, 0) is 12.5 Å². The Labute approximate surface area is 176 Å². The van der Waals surface area contributed by atoms with Crippen molar-refractivity contribution in [2.45, 2.75) is 25.1 Å². The van der Waals surface area contributed by atoms with Gasteiger partial charge in [0, 0.05) is 56.7 Å². The fraction of sp³-hybridized carbons (Fsp3) is 0.545. The van der Waals surface area contributed by atoms with Crippen molar-refractivity contribution in [3.63, 3.8) is 0 Å². The van der Waals surface area contributed by atoms with Crippen LogP contribution in [0.3, 0.4) is 0 Å². The van der Waals surface area contributed by atoms with Crippen molar-refractivity contribution in [1.29, 1.82) is 0 Å². The zero-order valence-electron chi connectivity index (χ0n) is 17.3. The van der Waals surface area contributed by atoms with Gasteiger partial charge in [0.1, 0.15) is 12.4 Å². The van der Waals surface area contributed by atoms with Gasteiger partial charge in [-0.25, -0.2) is 4.98 Å². The van der Waals surface area contributed by atoms with E-state index < -0.39 is 0 Å². The SMILES string of the molecule is O=C(CN1CCOc2ccccc2C1)N1CCOC2(CCN(Cc3cnc[nH]3)C2)C1. The number of imidazole rings is 1. The minimum Gasteiger partial charge on any atom is -0.492 e. The molecule has 1 aromatic carbocycles. The Bertz CT molecular complexity index is 873. The number of benzene rings is 1. The molecule has 30 heavy (non-hydrogen) atoms. The fourth-order valence-corrected chi connectivity index (χ4v) is 4.79. The van der Waals surface area contributed by atoms with Gasteiger partial charge >= 0.3 is 0 Å². The van der Waals surface area contributed by atoms with Crippen molar-refractivity contribution in [1.82, 2.24) is 24.7 Å². The number of fused-ring (bicyclic) bond motifs is 1. The number of aromatic amines is 1. The minimum absolute atomic E-state index is 0.184. The highest BCUT2D eigenvalue weighted by Crippen LogP contribution is 2.30. The largest absolute Gasteiger partial charge is 0.492 e. The van der Waals surface area contributed by atoms with Crippen LogP contribution in [0.1, 0.15) is 17.7 Å². The van der Waals surface area contributed by atoms with E-state index in [0.29, 0.717) is 32.8 Å². The molecular formula is C22H29N5O3. The van der Waals surface area contributed by atoms with E-state index in [2.05, 4.69) is 25.8 Å². The number of H-pyrrole nitrogens is 1. The van der Waals surface area contributed by atoms with Crippen LogP contribution in [0.25, 0.3) is 0 Å². The van der Waals surface area contributed by atoms with Crippen molar-refractivity contribution in [3.05, 3.63) is 48.0 Å². The quantitative estimate of drug-likeness (QED) is 0.813. The summed E-state index contributed by atoms with van der Waals surface area (Å²) in [5.41, 5.74) is 2.01. The maximum atomic E-state index is 13.1. The summed E-state index contributed by atoms with van der Waals surface area (Å²) >= 11 is 0. The van der Waals surface area contributed by atoms with Crippen LogP contribution in [0.2, 0.25) is 0 Å². The van der Waals surface area contributed by atoms with Gasteiger partial charge in [-0.15, -0.1) is 0 Å². The van der Waals surface area contributed by atoms with E-state index in [1.165, 1.54) is 0 Å². The number of ether oxygens (including phenoxy) is 2. The fourth-order valence-electron chi connectivity index (χ4n) is 4.79. The number of hydrogen-bond donors (Lipinski definition) is 1. The number of nitrogens with one attached hydrogen (secondary N) is 1. The van der Waals surface area contributed by atoms with Crippen molar-refractivity contribution in [2.24, 2.45) is 0 Å². The Kier molecular flexibility index (Phi) is 5.45. The first-order chi connectivity index (χ1) is 14.7. The Hall–Kier alpha value is -2.42. The lowest BCUT2D eigenvalue weighted by molar-refractivity contribution is -0.150. The Morgan fingerprint density at radius 3 is 2.97 bits per heavy atom. The zero-order valence-corrected chi connectivity index (χ0v) is 17.3. The highest BCUT2D eigenvalue weighted by Gasteiger charge is 2.44. The molecule has 1 N–H and O–H groups in total. The highest BCUT2D eigenvalue weighted by molar-refractivity contribution is 5.78. The molecule has 8 nitrogen and oxygen atoms in total. The minimum atomic E-state index is -0.248. The molecular weight excluding hydrogens is 382 g/mol. The second kappa shape index (κ2) is 8.37. The van der Waals surface area contributed by atoms with Gasteiger partial charge in [-0.1, -0.05) is 18.2 Å². The van der Waals surface area contributed by atoms with Crippen molar-refractivity contribution < 1.29 is 14.3 Å². The molecule has 2 fully saturated rings. The van der Waals surface area contributed by atoms with Gasteiger partial charge in [-0.2, -0.15) is 0 Å². The van der Waals surface area contributed by atoms with Crippen molar-refractivity contribution >= 4 is 5.91 Å². The molecule has 0 saturated carbocycles. The van der Waals surface area contributed by atoms with Gasteiger partial charge in [0.05, 0.1) is 31.6 Å². The molecule has 0 bridgehead atoms. The molecule has 3 aliphatic heterocycles. The number of rotatable bonds is 4. The molecule has 0 aliphatic carbocycles. The number of carbonyl (C=O) groups is 1. The summed E-state index contributed by atoms with van der Waals surface area (Å²) in [6, 6.07) is 8.09. The summed E-state index contributed by atoms with van der Waals surface area (Å²) < 4.78 is 12.1. The molecule has 2 saturated heterocycles. The second-order valence-corrected chi connectivity index (χ2v) is 8.55. The standard InChI is InChI=1S/C22H29N5O3/c28-21(14-25-7-9-29-20-4-2-1-3-18(20)12-25)27-8-10-30-22(16-27)5-6-26(15-22)13-19-11-23-17-24-19/h1-4,11,17H,5-10,12-16H2,(H,23,24). The first-order valence-corrected chi connectivity index (χ1v) is 10.7. The molecule has 1 aromatic heterocycles. The number of morpholine rings is 1. The predicted octanol–water partition coefficient (Wildman–Crippen LogP) is 1.11.